The van der Waals surface area contributed by atoms with Gasteiger partial charge in [0.15, 0.2) is 0 Å². The Morgan fingerprint density at radius 1 is 1.32 bits per heavy atom. The van der Waals surface area contributed by atoms with Crippen LogP contribution in [0.1, 0.15) is 41.6 Å². The Hall–Kier alpha value is -1.26. The molecule has 2 rings (SSSR count). The summed E-state index contributed by atoms with van der Waals surface area (Å²) >= 11 is 1.74. The molecule has 19 heavy (non-hydrogen) atoms. The van der Waals surface area contributed by atoms with E-state index in [9.17, 15) is 0 Å². The second-order valence-corrected chi connectivity index (χ2v) is 5.96. The van der Waals surface area contributed by atoms with Crippen molar-refractivity contribution in [2.45, 2.75) is 40.7 Å². The largest absolute Gasteiger partial charge is 0.310 e. The van der Waals surface area contributed by atoms with Crippen molar-refractivity contribution in [3.63, 3.8) is 0 Å². The summed E-state index contributed by atoms with van der Waals surface area (Å²) in [6, 6.07) is 2.51. The minimum Gasteiger partial charge on any atom is -0.310 e. The molecule has 0 saturated carbocycles. The number of rotatable bonds is 4. The second kappa shape index (κ2) is 5.80. The first-order valence-corrected chi connectivity index (χ1v) is 7.49. The molecule has 0 aliphatic heterocycles. The zero-order valence-corrected chi connectivity index (χ0v) is 13.1. The lowest BCUT2D eigenvalue weighted by Crippen LogP contribution is -2.17. The molecule has 2 aromatic heterocycles. The molecule has 0 bridgehead atoms. The third-order valence-electron chi connectivity index (χ3n) is 3.15. The Morgan fingerprint density at radius 3 is 2.68 bits per heavy atom. The average Bonchev–Trinajstić information content (AvgIpc) is 2.71. The van der Waals surface area contributed by atoms with Crippen LogP contribution in [0.3, 0.4) is 0 Å². The summed E-state index contributed by atoms with van der Waals surface area (Å²) in [5, 5.41) is 4.46. The van der Waals surface area contributed by atoms with E-state index in [1.807, 2.05) is 6.20 Å². The standard InChI is InChI=1S/C15H21N3S/c1-6-16-11(4)14-12(5)18-15(19-14)13-10(3)7-9(2)8-17-13/h7-8,11,16H,6H2,1-5H3. The molecule has 0 aromatic carbocycles. The quantitative estimate of drug-likeness (QED) is 0.922. The number of hydrogen-bond donors (Lipinski definition) is 1. The van der Waals surface area contributed by atoms with E-state index in [4.69, 9.17) is 4.98 Å². The van der Waals surface area contributed by atoms with E-state index in [0.717, 1.165) is 22.9 Å². The Kier molecular flexibility index (Phi) is 4.32. The van der Waals surface area contributed by atoms with Crippen LogP contribution in [-0.2, 0) is 0 Å². The summed E-state index contributed by atoms with van der Waals surface area (Å²) < 4.78 is 0. The third-order valence-corrected chi connectivity index (χ3v) is 4.50. The first-order valence-electron chi connectivity index (χ1n) is 6.67. The topological polar surface area (TPSA) is 37.8 Å². The third kappa shape index (κ3) is 3.01. The molecular weight excluding hydrogens is 254 g/mol. The van der Waals surface area contributed by atoms with Gasteiger partial charge in [-0.15, -0.1) is 11.3 Å². The van der Waals surface area contributed by atoms with E-state index in [0.29, 0.717) is 6.04 Å². The Bertz CT molecular complexity index is 575. The van der Waals surface area contributed by atoms with E-state index >= 15 is 0 Å². The highest BCUT2D eigenvalue weighted by atomic mass is 32.1. The van der Waals surface area contributed by atoms with Crippen molar-refractivity contribution in [2.75, 3.05) is 6.54 Å². The normalized spacial score (nSPS) is 12.7. The summed E-state index contributed by atoms with van der Waals surface area (Å²) in [5.41, 5.74) is 4.50. The van der Waals surface area contributed by atoms with Crippen molar-refractivity contribution >= 4 is 11.3 Å². The van der Waals surface area contributed by atoms with Gasteiger partial charge in [-0.05, 0) is 45.4 Å². The fourth-order valence-electron chi connectivity index (χ4n) is 2.25. The molecule has 2 aromatic rings. The van der Waals surface area contributed by atoms with Gasteiger partial charge in [-0.2, -0.15) is 0 Å². The van der Waals surface area contributed by atoms with Crippen molar-refractivity contribution in [1.82, 2.24) is 15.3 Å². The highest BCUT2D eigenvalue weighted by Gasteiger charge is 2.16. The number of aromatic nitrogens is 2. The maximum atomic E-state index is 4.69. The zero-order chi connectivity index (χ0) is 14.0. The lowest BCUT2D eigenvalue weighted by atomic mass is 10.2. The number of hydrogen-bond acceptors (Lipinski definition) is 4. The molecule has 2 heterocycles. The SMILES string of the molecule is CCNC(C)c1sc(-c2ncc(C)cc2C)nc1C. The van der Waals surface area contributed by atoms with Crippen LogP contribution >= 0.6 is 11.3 Å². The van der Waals surface area contributed by atoms with E-state index < -0.39 is 0 Å². The Morgan fingerprint density at radius 2 is 2.05 bits per heavy atom. The molecule has 102 valence electrons. The van der Waals surface area contributed by atoms with Gasteiger partial charge in [0, 0.05) is 17.1 Å². The van der Waals surface area contributed by atoms with Crippen LogP contribution < -0.4 is 5.32 Å². The minimum atomic E-state index is 0.349. The maximum absolute atomic E-state index is 4.69. The van der Waals surface area contributed by atoms with Gasteiger partial charge in [0.25, 0.3) is 0 Å². The first-order chi connectivity index (χ1) is 9.02. The van der Waals surface area contributed by atoms with Crippen LogP contribution in [0.2, 0.25) is 0 Å². The highest BCUT2D eigenvalue weighted by Crippen LogP contribution is 2.32. The van der Waals surface area contributed by atoms with Crippen LogP contribution in [0.25, 0.3) is 10.7 Å². The molecule has 0 spiro atoms. The lowest BCUT2D eigenvalue weighted by Gasteiger charge is -2.09. The summed E-state index contributed by atoms with van der Waals surface area (Å²) in [6.45, 7) is 11.5. The molecule has 0 aliphatic carbocycles. The maximum Gasteiger partial charge on any atom is 0.142 e. The molecule has 0 aliphatic rings. The lowest BCUT2D eigenvalue weighted by molar-refractivity contribution is 0.603. The zero-order valence-electron chi connectivity index (χ0n) is 12.2. The molecule has 0 fully saturated rings. The van der Waals surface area contributed by atoms with Gasteiger partial charge in [-0.3, -0.25) is 4.98 Å². The molecule has 1 atom stereocenters. The van der Waals surface area contributed by atoms with Gasteiger partial charge < -0.3 is 5.32 Å². The highest BCUT2D eigenvalue weighted by molar-refractivity contribution is 7.15. The van der Waals surface area contributed by atoms with Crippen molar-refractivity contribution in [3.05, 3.63) is 34.0 Å². The molecule has 4 heteroatoms. The molecule has 3 nitrogen and oxygen atoms in total. The van der Waals surface area contributed by atoms with Crippen LogP contribution in [-0.4, -0.2) is 16.5 Å². The molecule has 1 N–H and O–H groups in total. The molecular formula is C15H21N3S. The molecule has 0 radical (unpaired) electrons. The van der Waals surface area contributed by atoms with Crippen molar-refractivity contribution in [3.8, 4) is 10.7 Å². The number of thiazole rings is 1. The molecule has 1 unspecified atom stereocenters. The van der Waals surface area contributed by atoms with Gasteiger partial charge in [-0.1, -0.05) is 13.0 Å². The first kappa shape index (κ1) is 14.2. The van der Waals surface area contributed by atoms with E-state index in [2.05, 4.69) is 51.0 Å². The fourth-order valence-corrected chi connectivity index (χ4v) is 3.40. The monoisotopic (exact) mass is 275 g/mol. The van der Waals surface area contributed by atoms with Crippen molar-refractivity contribution < 1.29 is 0 Å². The predicted octanol–water partition coefficient (Wildman–Crippen LogP) is 3.80. The van der Waals surface area contributed by atoms with Gasteiger partial charge in [-0.25, -0.2) is 4.98 Å². The van der Waals surface area contributed by atoms with E-state index in [-0.39, 0.29) is 0 Å². The van der Waals surface area contributed by atoms with Crippen molar-refractivity contribution in [2.24, 2.45) is 0 Å². The minimum absolute atomic E-state index is 0.349. The summed E-state index contributed by atoms with van der Waals surface area (Å²) in [4.78, 5) is 10.5. The molecule has 0 amide bonds. The summed E-state index contributed by atoms with van der Waals surface area (Å²) in [5.74, 6) is 0. The van der Waals surface area contributed by atoms with Gasteiger partial charge in [0.2, 0.25) is 0 Å². The smallest absolute Gasteiger partial charge is 0.142 e. The Balaban J connectivity index is 2.39. The number of nitrogens with zero attached hydrogens (tertiary/aromatic N) is 2. The average molecular weight is 275 g/mol. The number of pyridine rings is 1. The van der Waals surface area contributed by atoms with E-state index in [1.54, 1.807) is 11.3 Å². The van der Waals surface area contributed by atoms with Crippen molar-refractivity contribution in [1.29, 1.82) is 0 Å². The van der Waals surface area contributed by atoms with Crippen LogP contribution in [0.15, 0.2) is 12.3 Å². The van der Waals surface area contributed by atoms with Gasteiger partial charge in [0.05, 0.1) is 5.69 Å². The van der Waals surface area contributed by atoms with Crippen LogP contribution in [0.5, 0.6) is 0 Å². The van der Waals surface area contributed by atoms with Crippen LogP contribution in [0, 0.1) is 20.8 Å². The summed E-state index contributed by atoms with van der Waals surface area (Å²) in [7, 11) is 0. The van der Waals surface area contributed by atoms with E-state index in [1.165, 1.54) is 16.0 Å². The molecule has 0 saturated heterocycles. The summed E-state index contributed by atoms with van der Waals surface area (Å²) in [6.07, 6.45) is 1.91. The fraction of sp³-hybridized carbons (Fsp3) is 0.467. The number of nitrogens with one attached hydrogen (secondary N) is 1. The second-order valence-electron chi connectivity index (χ2n) is 4.93. The Labute approximate surface area is 119 Å². The van der Waals surface area contributed by atoms with Gasteiger partial charge >= 0.3 is 0 Å². The van der Waals surface area contributed by atoms with Crippen LogP contribution in [0.4, 0.5) is 0 Å². The number of aryl methyl sites for hydroxylation is 3. The predicted molar refractivity (Wildman–Crippen MR) is 81.6 cm³/mol. The van der Waals surface area contributed by atoms with Gasteiger partial charge in [0.1, 0.15) is 10.7 Å².